The number of thiazole rings is 1. The first-order valence-corrected chi connectivity index (χ1v) is 7.76. The molecule has 4 nitrogen and oxygen atoms in total. The number of likely N-dealkylation sites (N-methyl/N-ethyl adjacent to an activating group) is 1. The van der Waals surface area contributed by atoms with Crippen LogP contribution in [0.3, 0.4) is 0 Å². The third kappa shape index (κ3) is 4.75. The van der Waals surface area contributed by atoms with E-state index < -0.39 is 0 Å². The average molecular weight is 285 g/mol. The van der Waals surface area contributed by atoms with Gasteiger partial charge in [-0.2, -0.15) is 0 Å². The van der Waals surface area contributed by atoms with Crippen molar-refractivity contribution < 1.29 is 4.74 Å². The van der Waals surface area contributed by atoms with Gasteiger partial charge < -0.3 is 15.0 Å². The zero-order chi connectivity index (χ0) is 14.4. The molecule has 0 aliphatic carbocycles. The van der Waals surface area contributed by atoms with Crippen LogP contribution in [0.1, 0.15) is 38.3 Å². The second kappa shape index (κ2) is 7.82. The normalized spacial score (nSPS) is 13.0. The minimum Gasteiger partial charge on any atom is -0.383 e. The van der Waals surface area contributed by atoms with Gasteiger partial charge in [0.1, 0.15) is 0 Å². The fourth-order valence-electron chi connectivity index (χ4n) is 1.96. The van der Waals surface area contributed by atoms with Gasteiger partial charge in [0.05, 0.1) is 18.3 Å². The van der Waals surface area contributed by atoms with Crippen molar-refractivity contribution in [2.24, 2.45) is 0 Å². The van der Waals surface area contributed by atoms with Crippen LogP contribution in [0, 0.1) is 6.92 Å². The second-order valence-electron chi connectivity index (χ2n) is 5.13. The Balaban J connectivity index is 2.79. The van der Waals surface area contributed by atoms with Crippen molar-refractivity contribution in [1.29, 1.82) is 0 Å². The Morgan fingerprint density at radius 3 is 2.58 bits per heavy atom. The summed E-state index contributed by atoms with van der Waals surface area (Å²) in [5.74, 6) is 0. The predicted molar refractivity (Wildman–Crippen MR) is 83.2 cm³/mol. The molecule has 5 heteroatoms. The molecule has 1 aromatic rings. The van der Waals surface area contributed by atoms with Crippen molar-refractivity contribution in [3.05, 3.63) is 10.6 Å². The van der Waals surface area contributed by atoms with E-state index in [-0.39, 0.29) is 0 Å². The molecule has 0 aliphatic heterocycles. The Labute approximate surface area is 121 Å². The van der Waals surface area contributed by atoms with Crippen LogP contribution in [-0.4, -0.2) is 37.3 Å². The Hall–Kier alpha value is -0.650. The van der Waals surface area contributed by atoms with E-state index in [9.17, 15) is 0 Å². The fourth-order valence-corrected chi connectivity index (χ4v) is 3.14. The average Bonchev–Trinajstić information content (AvgIpc) is 2.69. The fraction of sp³-hybridized carbons (Fsp3) is 0.786. The summed E-state index contributed by atoms with van der Waals surface area (Å²) in [6.45, 7) is 13.3. The third-order valence-electron chi connectivity index (χ3n) is 3.08. The Morgan fingerprint density at radius 2 is 2.05 bits per heavy atom. The molecule has 1 aromatic heterocycles. The molecule has 1 unspecified atom stereocenters. The summed E-state index contributed by atoms with van der Waals surface area (Å²) >= 11 is 1.79. The minimum atomic E-state index is 0.353. The topological polar surface area (TPSA) is 37.4 Å². The number of aromatic nitrogens is 1. The van der Waals surface area contributed by atoms with Crippen LogP contribution in [0.5, 0.6) is 0 Å². The van der Waals surface area contributed by atoms with Gasteiger partial charge in [0.15, 0.2) is 5.13 Å². The van der Waals surface area contributed by atoms with Crippen molar-refractivity contribution in [2.45, 2.75) is 53.2 Å². The Bertz CT molecular complexity index is 379. The SMILES string of the molecule is CCN(c1nc(C)c(CNC(C)C)s1)C(C)COC. The number of nitrogens with one attached hydrogen (secondary N) is 1. The number of aryl methyl sites for hydroxylation is 1. The summed E-state index contributed by atoms with van der Waals surface area (Å²) in [5.41, 5.74) is 1.14. The standard InChI is InChI=1S/C14H27N3OS/c1-7-17(11(4)9-18-6)14-16-12(5)13(19-14)8-15-10(2)3/h10-11,15H,7-9H2,1-6H3. The molecule has 0 spiro atoms. The zero-order valence-electron chi connectivity index (χ0n) is 13.0. The van der Waals surface area contributed by atoms with Crippen LogP contribution in [0.25, 0.3) is 0 Å². The van der Waals surface area contributed by atoms with Crippen molar-refractivity contribution in [2.75, 3.05) is 25.2 Å². The number of ether oxygens (including phenoxy) is 1. The summed E-state index contributed by atoms with van der Waals surface area (Å²) in [7, 11) is 1.75. The summed E-state index contributed by atoms with van der Waals surface area (Å²) in [6.07, 6.45) is 0. The van der Waals surface area contributed by atoms with E-state index in [1.807, 2.05) is 0 Å². The number of hydrogen-bond acceptors (Lipinski definition) is 5. The van der Waals surface area contributed by atoms with E-state index >= 15 is 0 Å². The van der Waals surface area contributed by atoms with Crippen LogP contribution < -0.4 is 10.2 Å². The van der Waals surface area contributed by atoms with E-state index in [4.69, 9.17) is 9.72 Å². The number of hydrogen-bond donors (Lipinski definition) is 1. The molecule has 0 aliphatic rings. The summed E-state index contributed by atoms with van der Waals surface area (Å²) < 4.78 is 5.25. The molecule has 0 radical (unpaired) electrons. The first-order chi connectivity index (χ1) is 8.99. The lowest BCUT2D eigenvalue weighted by Crippen LogP contribution is -2.36. The molecule has 19 heavy (non-hydrogen) atoms. The highest BCUT2D eigenvalue weighted by Crippen LogP contribution is 2.27. The summed E-state index contributed by atoms with van der Waals surface area (Å²) in [6, 6.07) is 0.853. The van der Waals surface area contributed by atoms with Crippen LogP contribution in [-0.2, 0) is 11.3 Å². The zero-order valence-corrected chi connectivity index (χ0v) is 13.8. The molecule has 0 amide bonds. The number of methoxy groups -OCH3 is 1. The Morgan fingerprint density at radius 1 is 1.37 bits per heavy atom. The molecule has 0 bridgehead atoms. The van der Waals surface area contributed by atoms with Gasteiger partial charge in [-0.25, -0.2) is 4.98 Å². The van der Waals surface area contributed by atoms with Crippen molar-refractivity contribution in [3.8, 4) is 0 Å². The van der Waals surface area contributed by atoms with Crippen molar-refractivity contribution in [3.63, 3.8) is 0 Å². The van der Waals surface area contributed by atoms with Gasteiger partial charge in [-0.05, 0) is 20.8 Å². The summed E-state index contributed by atoms with van der Waals surface area (Å²) in [5, 5.41) is 4.56. The molecule has 0 saturated carbocycles. The van der Waals surface area contributed by atoms with Crippen molar-refractivity contribution >= 4 is 16.5 Å². The number of nitrogens with zero attached hydrogens (tertiary/aromatic N) is 2. The van der Waals surface area contributed by atoms with E-state index in [0.717, 1.165) is 30.5 Å². The molecule has 1 rings (SSSR count). The molecule has 110 valence electrons. The van der Waals surface area contributed by atoms with Gasteiger partial charge in [-0.1, -0.05) is 13.8 Å². The lowest BCUT2D eigenvalue weighted by Gasteiger charge is -2.26. The maximum Gasteiger partial charge on any atom is 0.186 e. The van der Waals surface area contributed by atoms with Crippen LogP contribution >= 0.6 is 11.3 Å². The van der Waals surface area contributed by atoms with E-state index in [1.54, 1.807) is 18.4 Å². The highest BCUT2D eigenvalue weighted by atomic mass is 32.1. The number of rotatable bonds is 8. The van der Waals surface area contributed by atoms with Gasteiger partial charge in [0.25, 0.3) is 0 Å². The highest BCUT2D eigenvalue weighted by Gasteiger charge is 2.18. The quantitative estimate of drug-likeness (QED) is 0.797. The minimum absolute atomic E-state index is 0.353. The molecular formula is C14H27N3OS. The first-order valence-electron chi connectivity index (χ1n) is 6.94. The maximum atomic E-state index is 5.25. The van der Waals surface area contributed by atoms with Gasteiger partial charge in [0, 0.05) is 31.1 Å². The summed E-state index contributed by atoms with van der Waals surface area (Å²) in [4.78, 5) is 8.34. The monoisotopic (exact) mass is 285 g/mol. The smallest absolute Gasteiger partial charge is 0.186 e. The van der Waals surface area contributed by atoms with Crippen LogP contribution in [0.2, 0.25) is 0 Å². The van der Waals surface area contributed by atoms with Gasteiger partial charge in [0.2, 0.25) is 0 Å². The number of anilines is 1. The molecule has 1 N–H and O–H groups in total. The highest BCUT2D eigenvalue weighted by molar-refractivity contribution is 7.15. The molecule has 1 atom stereocenters. The second-order valence-corrected chi connectivity index (χ2v) is 6.19. The van der Waals surface area contributed by atoms with Gasteiger partial charge in [-0.3, -0.25) is 0 Å². The maximum absolute atomic E-state index is 5.25. The van der Waals surface area contributed by atoms with Crippen LogP contribution in [0.4, 0.5) is 5.13 Å². The Kier molecular flexibility index (Phi) is 6.75. The van der Waals surface area contributed by atoms with E-state index in [2.05, 4.69) is 44.8 Å². The lowest BCUT2D eigenvalue weighted by molar-refractivity contribution is 0.182. The lowest BCUT2D eigenvalue weighted by atomic mass is 10.3. The van der Waals surface area contributed by atoms with Gasteiger partial charge >= 0.3 is 0 Å². The van der Waals surface area contributed by atoms with E-state index in [0.29, 0.717) is 12.1 Å². The molecule has 0 aromatic carbocycles. The molecule has 1 heterocycles. The van der Waals surface area contributed by atoms with Crippen molar-refractivity contribution in [1.82, 2.24) is 10.3 Å². The largest absolute Gasteiger partial charge is 0.383 e. The molecule has 0 fully saturated rings. The molecular weight excluding hydrogens is 258 g/mol. The first kappa shape index (κ1) is 16.4. The predicted octanol–water partition coefficient (Wildman–Crippen LogP) is 2.81. The molecule has 0 saturated heterocycles. The van der Waals surface area contributed by atoms with Crippen LogP contribution in [0.15, 0.2) is 0 Å². The van der Waals surface area contributed by atoms with E-state index in [1.165, 1.54) is 4.88 Å². The third-order valence-corrected chi connectivity index (χ3v) is 4.27. The van der Waals surface area contributed by atoms with Gasteiger partial charge in [-0.15, -0.1) is 11.3 Å².